The van der Waals surface area contributed by atoms with E-state index in [0.29, 0.717) is 16.9 Å². The third-order valence-electron chi connectivity index (χ3n) is 3.13. The van der Waals surface area contributed by atoms with Crippen LogP contribution in [0, 0.1) is 0 Å². The molecule has 18 heavy (non-hydrogen) atoms. The molecule has 0 spiro atoms. The van der Waals surface area contributed by atoms with Gasteiger partial charge in [0, 0.05) is 11.1 Å². The van der Waals surface area contributed by atoms with Gasteiger partial charge >= 0.3 is 0 Å². The van der Waals surface area contributed by atoms with Crippen molar-refractivity contribution in [2.75, 3.05) is 7.11 Å². The van der Waals surface area contributed by atoms with Gasteiger partial charge < -0.3 is 4.74 Å². The SMILES string of the molecule is COc1ccc2ccc3c(c2c1)C(=O)C=CC3=O. The molecule has 1 aliphatic rings. The van der Waals surface area contributed by atoms with Gasteiger partial charge in [-0.15, -0.1) is 0 Å². The van der Waals surface area contributed by atoms with Crippen LogP contribution in [-0.2, 0) is 0 Å². The average molecular weight is 238 g/mol. The zero-order valence-electron chi connectivity index (χ0n) is 9.77. The molecule has 2 aromatic rings. The van der Waals surface area contributed by atoms with Gasteiger partial charge in [0.15, 0.2) is 11.6 Å². The molecule has 0 bridgehead atoms. The van der Waals surface area contributed by atoms with Crippen molar-refractivity contribution in [3.63, 3.8) is 0 Å². The van der Waals surface area contributed by atoms with Crippen LogP contribution in [0.15, 0.2) is 42.5 Å². The first-order valence-corrected chi connectivity index (χ1v) is 5.58. The molecule has 0 heterocycles. The fourth-order valence-electron chi connectivity index (χ4n) is 2.22. The second kappa shape index (κ2) is 3.81. The van der Waals surface area contributed by atoms with Crippen molar-refractivity contribution in [1.29, 1.82) is 0 Å². The Labute approximate surface area is 104 Å². The van der Waals surface area contributed by atoms with Gasteiger partial charge in [-0.1, -0.05) is 12.1 Å². The van der Waals surface area contributed by atoms with Crippen molar-refractivity contribution >= 4 is 22.3 Å². The zero-order valence-corrected chi connectivity index (χ0v) is 9.77. The summed E-state index contributed by atoms with van der Waals surface area (Å²) in [6.07, 6.45) is 2.64. The summed E-state index contributed by atoms with van der Waals surface area (Å²) >= 11 is 0. The van der Waals surface area contributed by atoms with E-state index < -0.39 is 0 Å². The second-order valence-electron chi connectivity index (χ2n) is 4.14. The first kappa shape index (κ1) is 10.7. The minimum atomic E-state index is -0.136. The summed E-state index contributed by atoms with van der Waals surface area (Å²) in [6, 6.07) is 9.05. The second-order valence-corrected chi connectivity index (χ2v) is 4.14. The maximum Gasteiger partial charge on any atom is 0.187 e. The molecule has 0 saturated heterocycles. The maximum absolute atomic E-state index is 12.0. The maximum atomic E-state index is 12.0. The number of fused-ring (bicyclic) bond motifs is 3. The molecule has 0 unspecified atom stereocenters. The van der Waals surface area contributed by atoms with E-state index in [4.69, 9.17) is 4.74 Å². The molecule has 0 N–H and O–H groups in total. The molecule has 88 valence electrons. The van der Waals surface area contributed by atoms with Crippen LogP contribution in [0.3, 0.4) is 0 Å². The van der Waals surface area contributed by atoms with E-state index in [9.17, 15) is 9.59 Å². The molecule has 3 heteroatoms. The molecule has 2 aromatic carbocycles. The Kier molecular flexibility index (Phi) is 2.27. The number of ether oxygens (including phenoxy) is 1. The summed E-state index contributed by atoms with van der Waals surface area (Å²) in [4.78, 5) is 23.7. The predicted molar refractivity (Wildman–Crippen MR) is 68.3 cm³/mol. The monoisotopic (exact) mass is 238 g/mol. The highest BCUT2D eigenvalue weighted by molar-refractivity contribution is 6.26. The summed E-state index contributed by atoms with van der Waals surface area (Å²) in [7, 11) is 1.57. The van der Waals surface area contributed by atoms with Crippen LogP contribution in [0.2, 0.25) is 0 Å². The minimum Gasteiger partial charge on any atom is -0.497 e. The molecule has 0 aliphatic heterocycles. The molecule has 0 fully saturated rings. The molecule has 1 aliphatic carbocycles. The van der Waals surface area contributed by atoms with Gasteiger partial charge in [0.05, 0.1) is 7.11 Å². The Morgan fingerprint density at radius 2 is 1.67 bits per heavy atom. The molecule has 0 radical (unpaired) electrons. The van der Waals surface area contributed by atoms with Gasteiger partial charge in [-0.05, 0) is 41.1 Å². The molecule has 0 saturated carbocycles. The molecule has 0 atom stereocenters. The Hall–Kier alpha value is -2.42. The van der Waals surface area contributed by atoms with Gasteiger partial charge in [0.25, 0.3) is 0 Å². The topological polar surface area (TPSA) is 43.4 Å². The van der Waals surface area contributed by atoms with Gasteiger partial charge in [-0.2, -0.15) is 0 Å². The minimum absolute atomic E-state index is 0.130. The van der Waals surface area contributed by atoms with Crippen LogP contribution < -0.4 is 4.74 Å². The number of ketones is 2. The predicted octanol–water partition coefficient (Wildman–Crippen LogP) is 2.78. The number of hydrogen-bond donors (Lipinski definition) is 0. The Bertz CT molecular complexity index is 711. The Balaban J connectivity index is 2.41. The highest BCUT2D eigenvalue weighted by Gasteiger charge is 2.21. The first-order valence-electron chi connectivity index (χ1n) is 5.58. The summed E-state index contributed by atoms with van der Waals surface area (Å²) in [5.41, 5.74) is 0.933. The highest BCUT2D eigenvalue weighted by atomic mass is 16.5. The third kappa shape index (κ3) is 1.44. The van der Waals surface area contributed by atoms with Crippen molar-refractivity contribution in [3.05, 3.63) is 53.6 Å². The molecule has 3 nitrogen and oxygen atoms in total. The van der Waals surface area contributed by atoms with Crippen molar-refractivity contribution in [2.24, 2.45) is 0 Å². The first-order chi connectivity index (χ1) is 8.70. The number of carbonyl (C=O) groups excluding carboxylic acids is 2. The van der Waals surface area contributed by atoms with Gasteiger partial charge in [0.2, 0.25) is 0 Å². The standard InChI is InChI=1S/C15H10O3/c1-18-10-4-2-9-3-5-11-13(16)6-7-14(17)15(11)12(9)8-10/h2-8H,1H3. The van der Waals surface area contributed by atoms with Gasteiger partial charge in [-0.25, -0.2) is 0 Å². The molecule has 0 amide bonds. The quantitative estimate of drug-likeness (QED) is 0.767. The normalized spacial score (nSPS) is 13.8. The smallest absolute Gasteiger partial charge is 0.187 e. The van der Waals surface area contributed by atoms with Gasteiger partial charge in [0.1, 0.15) is 5.75 Å². The van der Waals surface area contributed by atoms with Crippen molar-refractivity contribution in [3.8, 4) is 5.75 Å². The third-order valence-corrected chi connectivity index (χ3v) is 3.13. The fraction of sp³-hybridized carbons (Fsp3) is 0.0667. The van der Waals surface area contributed by atoms with E-state index in [1.165, 1.54) is 12.2 Å². The van der Waals surface area contributed by atoms with Crippen molar-refractivity contribution < 1.29 is 14.3 Å². The summed E-state index contributed by atoms with van der Waals surface area (Å²) in [6.45, 7) is 0. The number of allylic oxidation sites excluding steroid dienone is 2. The van der Waals surface area contributed by atoms with E-state index >= 15 is 0 Å². The lowest BCUT2D eigenvalue weighted by Crippen LogP contribution is -2.11. The Morgan fingerprint density at radius 1 is 0.944 bits per heavy atom. The summed E-state index contributed by atoms with van der Waals surface area (Å²) < 4.78 is 5.16. The summed E-state index contributed by atoms with van der Waals surface area (Å²) in [5, 5.41) is 1.68. The zero-order chi connectivity index (χ0) is 12.7. The van der Waals surface area contributed by atoms with Gasteiger partial charge in [-0.3, -0.25) is 9.59 Å². The van der Waals surface area contributed by atoms with E-state index in [-0.39, 0.29) is 11.6 Å². The molecular weight excluding hydrogens is 228 g/mol. The van der Waals surface area contributed by atoms with Crippen LogP contribution in [0.4, 0.5) is 0 Å². The number of methoxy groups -OCH3 is 1. The van der Waals surface area contributed by atoms with Crippen molar-refractivity contribution in [1.82, 2.24) is 0 Å². The highest BCUT2D eigenvalue weighted by Crippen LogP contribution is 2.29. The molecule has 0 aromatic heterocycles. The molecular formula is C15H10O3. The average Bonchev–Trinajstić information content (AvgIpc) is 2.41. The lowest BCUT2D eigenvalue weighted by molar-refractivity contribution is 0.0995. The van der Waals surface area contributed by atoms with E-state index in [0.717, 1.165) is 10.8 Å². The van der Waals surface area contributed by atoms with E-state index in [1.54, 1.807) is 19.2 Å². The van der Waals surface area contributed by atoms with Crippen LogP contribution >= 0.6 is 0 Å². The number of carbonyl (C=O) groups is 2. The fourth-order valence-corrected chi connectivity index (χ4v) is 2.22. The number of hydrogen-bond acceptors (Lipinski definition) is 3. The van der Waals surface area contributed by atoms with Crippen LogP contribution in [0.1, 0.15) is 20.7 Å². The Morgan fingerprint density at radius 3 is 2.44 bits per heavy atom. The molecule has 3 rings (SSSR count). The van der Waals surface area contributed by atoms with E-state index in [2.05, 4.69) is 0 Å². The van der Waals surface area contributed by atoms with E-state index in [1.807, 2.05) is 18.2 Å². The van der Waals surface area contributed by atoms with Crippen LogP contribution in [-0.4, -0.2) is 18.7 Å². The van der Waals surface area contributed by atoms with Crippen LogP contribution in [0.25, 0.3) is 10.8 Å². The lowest BCUT2D eigenvalue weighted by Gasteiger charge is -2.12. The largest absolute Gasteiger partial charge is 0.497 e. The lowest BCUT2D eigenvalue weighted by atomic mass is 9.90. The number of benzene rings is 2. The van der Waals surface area contributed by atoms with Crippen LogP contribution in [0.5, 0.6) is 5.75 Å². The summed E-state index contributed by atoms with van der Waals surface area (Å²) in [5.74, 6) is 0.406. The number of rotatable bonds is 1. The van der Waals surface area contributed by atoms with Crippen molar-refractivity contribution in [2.45, 2.75) is 0 Å².